The Morgan fingerprint density at radius 3 is 2.94 bits per heavy atom. The molecular formula is C25H36N4O3. The van der Waals surface area contributed by atoms with Gasteiger partial charge in [0.05, 0.1) is 13.2 Å². The zero-order valence-electron chi connectivity index (χ0n) is 19.2. The highest BCUT2D eigenvalue weighted by atomic mass is 16.5. The fraction of sp³-hybridized carbons (Fsp3) is 0.520. The third-order valence-electron chi connectivity index (χ3n) is 6.29. The number of carbonyl (C=O) groups excluding carboxylic acids is 1. The van der Waals surface area contributed by atoms with Crippen LogP contribution in [-0.4, -0.2) is 68.6 Å². The molecule has 0 radical (unpaired) electrons. The van der Waals surface area contributed by atoms with Crippen LogP contribution >= 0.6 is 0 Å². The van der Waals surface area contributed by atoms with Crippen LogP contribution in [0, 0.1) is 5.92 Å². The van der Waals surface area contributed by atoms with Crippen molar-refractivity contribution >= 4 is 17.7 Å². The van der Waals surface area contributed by atoms with Crippen molar-refractivity contribution in [3.05, 3.63) is 47.2 Å². The lowest BCUT2D eigenvalue weighted by Gasteiger charge is -2.29. The van der Waals surface area contributed by atoms with Crippen LogP contribution in [0.4, 0.5) is 0 Å². The molecule has 7 heteroatoms. The summed E-state index contributed by atoms with van der Waals surface area (Å²) in [6.07, 6.45) is 7.08. The maximum Gasteiger partial charge on any atom is 0.223 e. The molecule has 1 heterocycles. The smallest absolute Gasteiger partial charge is 0.223 e. The molecule has 2 aliphatic rings. The highest BCUT2D eigenvalue weighted by Gasteiger charge is 2.25. The number of nitrogens with two attached hydrogens (primary N) is 1. The Bertz CT molecular complexity index is 878. The van der Waals surface area contributed by atoms with Gasteiger partial charge in [-0.1, -0.05) is 24.3 Å². The summed E-state index contributed by atoms with van der Waals surface area (Å²) in [5.41, 5.74) is 10.2. The van der Waals surface area contributed by atoms with Gasteiger partial charge in [0.1, 0.15) is 5.75 Å². The Labute approximate surface area is 191 Å². The number of allylic oxidation sites excluding steroid dienone is 2. The molecule has 7 nitrogen and oxygen atoms in total. The van der Waals surface area contributed by atoms with Gasteiger partial charge in [0, 0.05) is 56.6 Å². The first-order valence-corrected chi connectivity index (χ1v) is 11.4. The molecule has 0 bridgehead atoms. The Morgan fingerprint density at radius 1 is 1.41 bits per heavy atom. The number of methoxy groups -OCH3 is 1. The van der Waals surface area contributed by atoms with Gasteiger partial charge in [-0.2, -0.15) is 0 Å². The van der Waals surface area contributed by atoms with Crippen LogP contribution in [0.3, 0.4) is 0 Å². The van der Waals surface area contributed by atoms with E-state index in [9.17, 15) is 9.90 Å². The molecule has 4 N–H and O–H groups in total. The minimum atomic E-state index is -0.471. The molecule has 1 aliphatic heterocycles. The van der Waals surface area contributed by atoms with Gasteiger partial charge in [-0.15, -0.1) is 0 Å². The average Bonchev–Trinajstić information content (AvgIpc) is 2.81. The number of aliphatic hydroxyl groups is 1. The lowest BCUT2D eigenvalue weighted by atomic mass is 9.86. The van der Waals surface area contributed by atoms with Gasteiger partial charge in [0.15, 0.2) is 0 Å². The number of hydrogen-bond donors (Lipinski definition) is 3. The van der Waals surface area contributed by atoms with Crippen molar-refractivity contribution in [1.82, 2.24) is 10.2 Å². The zero-order valence-corrected chi connectivity index (χ0v) is 19.2. The maximum atomic E-state index is 12.5. The molecule has 2 atom stereocenters. The average molecular weight is 441 g/mol. The van der Waals surface area contributed by atoms with E-state index in [0.717, 1.165) is 54.9 Å². The summed E-state index contributed by atoms with van der Waals surface area (Å²) in [5.74, 6) is 0.857. The predicted molar refractivity (Wildman–Crippen MR) is 129 cm³/mol. The normalized spacial score (nSPS) is 20.8. The van der Waals surface area contributed by atoms with Crippen molar-refractivity contribution in [3.8, 4) is 5.75 Å². The number of nitrogens with one attached hydrogen (secondary N) is 1. The van der Waals surface area contributed by atoms with Gasteiger partial charge >= 0.3 is 0 Å². The lowest BCUT2D eigenvalue weighted by Crippen LogP contribution is -2.38. The van der Waals surface area contributed by atoms with Gasteiger partial charge in [-0.05, 0) is 49.3 Å². The number of para-hydroxylation sites is 1. The fourth-order valence-electron chi connectivity index (χ4n) is 4.43. The van der Waals surface area contributed by atoms with Crippen molar-refractivity contribution in [1.29, 1.82) is 0 Å². The van der Waals surface area contributed by atoms with Crippen molar-refractivity contribution in [2.24, 2.45) is 16.6 Å². The first kappa shape index (κ1) is 24.0. The summed E-state index contributed by atoms with van der Waals surface area (Å²) in [7, 11) is 3.41. The monoisotopic (exact) mass is 440 g/mol. The molecule has 0 aromatic heterocycles. The van der Waals surface area contributed by atoms with Crippen LogP contribution in [0.25, 0.3) is 5.57 Å². The molecular weight excluding hydrogens is 404 g/mol. The fourth-order valence-corrected chi connectivity index (χ4v) is 4.43. The van der Waals surface area contributed by atoms with Crippen LogP contribution < -0.4 is 15.8 Å². The highest BCUT2D eigenvalue weighted by molar-refractivity contribution is 5.84. The summed E-state index contributed by atoms with van der Waals surface area (Å²) >= 11 is 0. The van der Waals surface area contributed by atoms with Gasteiger partial charge < -0.3 is 20.9 Å². The number of benzene rings is 1. The quantitative estimate of drug-likeness (QED) is 0.512. The number of ether oxygens (including phenoxy) is 1. The van der Waals surface area contributed by atoms with E-state index in [1.165, 1.54) is 5.57 Å². The molecule has 1 aliphatic carbocycles. The van der Waals surface area contributed by atoms with Crippen LogP contribution in [0.1, 0.15) is 37.7 Å². The zero-order chi connectivity index (χ0) is 22.9. The number of nitrogens with zero attached hydrogens (tertiary/aromatic N) is 2. The van der Waals surface area contributed by atoms with E-state index in [1.807, 2.05) is 18.2 Å². The molecule has 32 heavy (non-hydrogen) atoms. The molecule has 1 aromatic rings. The Balaban J connectivity index is 1.40. The maximum absolute atomic E-state index is 12.5. The summed E-state index contributed by atoms with van der Waals surface area (Å²) in [5, 5.41) is 13.4. The van der Waals surface area contributed by atoms with Gasteiger partial charge in [-0.25, -0.2) is 0 Å². The predicted octanol–water partition coefficient (Wildman–Crippen LogP) is 2.37. The molecule has 0 saturated carbocycles. The van der Waals surface area contributed by atoms with E-state index < -0.39 is 6.10 Å². The van der Waals surface area contributed by atoms with E-state index in [2.05, 4.69) is 27.4 Å². The molecule has 0 spiro atoms. The number of rotatable bonds is 9. The number of β-amino-alcohol motifs (C(OH)–C–C–N with tert-alkyl or cyclic N) is 1. The van der Waals surface area contributed by atoms with Crippen molar-refractivity contribution in [3.63, 3.8) is 0 Å². The largest absolute Gasteiger partial charge is 0.496 e. The number of carbonyl (C=O) groups is 1. The van der Waals surface area contributed by atoms with Crippen LogP contribution in [0.5, 0.6) is 5.75 Å². The Morgan fingerprint density at radius 2 is 2.22 bits per heavy atom. The minimum Gasteiger partial charge on any atom is -0.496 e. The molecule has 2 unspecified atom stereocenters. The number of hydrogen-bond acceptors (Lipinski definition) is 6. The van der Waals surface area contributed by atoms with Crippen LogP contribution in [0.2, 0.25) is 0 Å². The second-order valence-electron chi connectivity index (χ2n) is 8.55. The van der Waals surface area contributed by atoms with Gasteiger partial charge in [-0.3, -0.25) is 14.7 Å². The van der Waals surface area contributed by atoms with Crippen LogP contribution in [0.15, 0.2) is 46.6 Å². The molecule has 0 fully saturated rings. The summed E-state index contributed by atoms with van der Waals surface area (Å²) in [6.45, 7) is 2.77. The first-order chi connectivity index (χ1) is 15.5. The van der Waals surface area contributed by atoms with E-state index in [-0.39, 0.29) is 11.8 Å². The third-order valence-corrected chi connectivity index (χ3v) is 6.29. The van der Waals surface area contributed by atoms with E-state index in [1.54, 1.807) is 20.4 Å². The van der Waals surface area contributed by atoms with Crippen molar-refractivity contribution in [2.45, 2.75) is 38.2 Å². The SMILES string of the molecule is CN=CC1=C(N)CCC(C(=O)NCCC(O)CN2CC=C(c3ccccc3OC)CC2)C1. The van der Waals surface area contributed by atoms with Gasteiger partial charge in [0.2, 0.25) is 5.91 Å². The topological polar surface area (TPSA) is 100 Å². The van der Waals surface area contributed by atoms with Crippen LogP contribution in [-0.2, 0) is 4.79 Å². The second kappa shape index (κ2) is 11.8. The first-order valence-electron chi connectivity index (χ1n) is 11.4. The summed E-state index contributed by atoms with van der Waals surface area (Å²) < 4.78 is 5.48. The number of amides is 1. The Hall–Kier alpha value is -2.64. The molecule has 1 amide bonds. The van der Waals surface area contributed by atoms with Crippen molar-refractivity contribution < 1.29 is 14.6 Å². The van der Waals surface area contributed by atoms with Crippen molar-refractivity contribution in [2.75, 3.05) is 40.3 Å². The molecule has 0 saturated heterocycles. The lowest BCUT2D eigenvalue weighted by molar-refractivity contribution is -0.125. The summed E-state index contributed by atoms with van der Waals surface area (Å²) in [6, 6.07) is 8.08. The second-order valence-corrected chi connectivity index (χ2v) is 8.55. The summed E-state index contributed by atoms with van der Waals surface area (Å²) in [4.78, 5) is 18.8. The molecule has 1 aromatic carbocycles. The van der Waals surface area contributed by atoms with E-state index in [0.29, 0.717) is 25.9 Å². The Kier molecular flexibility index (Phi) is 8.88. The molecule has 174 valence electrons. The number of aliphatic imine (C=N–C) groups is 1. The number of aliphatic hydroxyl groups excluding tert-OH is 1. The van der Waals surface area contributed by atoms with Gasteiger partial charge in [0.25, 0.3) is 0 Å². The third kappa shape index (κ3) is 6.43. The standard InChI is InChI=1S/C25H36N4O3/c1-27-16-20-15-19(7-8-23(20)26)25(31)28-12-9-21(30)17-29-13-10-18(11-14-29)22-5-3-4-6-24(22)32-2/h3-6,10,16,19,21,30H,7-9,11-15,17,26H2,1-2H3,(H,28,31). The minimum absolute atomic E-state index is 0.0362. The molecule has 3 rings (SSSR count). The van der Waals surface area contributed by atoms with E-state index in [4.69, 9.17) is 10.5 Å². The van der Waals surface area contributed by atoms with E-state index >= 15 is 0 Å². The highest BCUT2D eigenvalue weighted by Crippen LogP contribution is 2.30.